The van der Waals surface area contributed by atoms with Gasteiger partial charge in [-0.2, -0.15) is 4.31 Å². The number of piperazine rings is 1. The number of hydrogen-bond acceptors (Lipinski definition) is 5. The van der Waals surface area contributed by atoms with Gasteiger partial charge in [-0.05, 0) is 17.7 Å². The lowest BCUT2D eigenvalue weighted by atomic mass is 10.0. The highest BCUT2D eigenvalue weighted by Crippen LogP contribution is 2.28. The minimum Gasteiger partial charge on any atom is -0.349 e. The Bertz CT molecular complexity index is 970. The summed E-state index contributed by atoms with van der Waals surface area (Å²) >= 11 is 6.88. The van der Waals surface area contributed by atoms with Gasteiger partial charge in [0.1, 0.15) is 4.21 Å². The molecule has 1 aliphatic heterocycles. The summed E-state index contributed by atoms with van der Waals surface area (Å²) < 4.78 is 27.4. The topological polar surface area (TPSA) is 86.8 Å². The third-order valence-electron chi connectivity index (χ3n) is 4.69. The minimum atomic E-state index is -3.60. The van der Waals surface area contributed by atoms with Crippen LogP contribution in [0.1, 0.15) is 24.9 Å². The van der Waals surface area contributed by atoms with E-state index in [1.54, 1.807) is 11.0 Å². The molecule has 0 radical (unpaired) electrons. The standard InChI is InChI=1S/C19H22ClN3O4S2/c1-14(24)21-16(15-5-3-2-4-6-15)13-18(25)22-9-11-23(12-10-22)29(26,27)19-8-7-17(20)28-19/h2-8,16H,9-13H2,1H3,(H,21,24)/t16-/m0/s1. The molecule has 1 aromatic heterocycles. The lowest BCUT2D eigenvalue weighted by Crippen LogP contribution is -2.50. The van der Waals surface area contributed by atoms with Crippen molar-refractivity contribution in [2.24, 2.45) is 0 Å². The van der Waals surface area contributed by atoms with Crippen molar-refractivity contribution in [1.82, 2.24) is 14.5 Å². The molecule has 29 heavy (non-hydrogen) atoms. The maximum atomic E-state index is 12.8. The number of sulfonamides is 1. The van der Waals surface area contributed by atoms with Crippen LogP contribution in [0.4, 0.5) is 0 Å². The van der Waals surface area contributed by atoms with Gasteiger partial charge in [-0.3, -0.25) is 9.59 Å². The highest BCUT2D eigenvalue weighted by Gasteiger charge is 2.32. The monoisotopic (exact) mass is 455 g/mol. The van der Waals surface area contributed by atoms with E-state index < -0.39 is 16.1 Å². The van der Waals surface area contributed by atoms with Gasteiger partial charge in [0.15, 0.2) is 0 Å². The zero-order valence-electron chi connectivity index (χ0n) is 15.9. The molecule has 0 bridgehead atoms. The molecule has 1 fully saturated rings. The maximum absolute atomic E-state index is 12.8. The fraction of sp³-hybridized carbons (Fsp3) is 0.368. The Morgan fingerprint density at radius 1 is 1.10 bits per heavy atom. The maximum Gasteiger partial charge on any atom is 0.252 e. The summed E-state index contributed by atoms with van der Waals surface area (Å²) in [5.74, 6) is -0.332. The van der Waals surface area contributed by atoms with Gasteiger partial charge in [0.2, 0.25) is 11.8 Å². The van der Waals surface area contributed by atoms with Crippen molar-refractivity contribution in [3.63, 3.8) is 0 Å². The molecule has 1 aliphatic rings. The van der Waals surface area contributed by atoms with Crippen LogP contribution in [0.3, 0.4) is 0 Å². The van der Waals surface area contributed by atoms with Crippen molar-refractivity contribution >= 4 is 44.8 Å². The van der Waals surface area contributed by atoms with Gasteiger partial charge >= 0.3 is 0 Å². The largest absolute Gasteiger partial charge is 0.349 e. The van der Waals surface area contributed by atoms with E-state index in [9.17, 15) is 18.0 Å². The minimum absolute atomic E-state index is 0.121. The van der Waals surface area contributed by atoms with Crippen LogP contribution in [-0.4, -0.2) is 55.6 Å². The SMILES string of the molecule is CC(=O)N[C@@H](CC(=O)N1CCN(S(=O)(=O)c2ccc(Cl)s2)CC1)c1ccccc1. The van der Waals surface area contributed by atoms with Gasteiger partial charge in [0, 0.05) is 33.1 Å². The van der Waals surface area contributed by atoms with E-state index in [-0.39, 0.29) is 35.5 Å². The van der Waals surface area contributed by atoms with Gasteiger partial charge < -0.3 is 10.2 Å². The van der Waals surface area contributed by atoms with E-state index in [1.165, 1.54) is 17.3 Å². The predicted molar refractivity (Wildman–Crippen MR) is 112 cm³/mol. The Hall–Kier alpha value is -1.94. The van der Waals surface area contributed by atoms with E-state index in [0.29, 0.717) is 17.4 Å². The lowest BCUT2D eigenvalue weighted by Gasteiger charge is -2.34. The fourth-order valence-corrected chi connectivity index (χ4v) is 6.29. The molecule has 156 valence electrons. The van der Waals surface area contributed by atoms with Gasteiger partial charge in [-0.1, -0.05) is 41.9 Å². The average Bonchev–Trinajstić information content (AvgIpc) is 3.15. The molecule has 0 saturated carbocycles. The molecule has 10 heteroatoms. The Balaban J connectivity index is 1.62. The summed E-state index contributed by atoms with van der Waals surface area (Å²) in [7, 11) is -3.60. The molecule has 7 nitrogen and oxygen atoms in total. The number of nitrogens with zero attached hydrogens (tertiary/aromatic N) is 2. The Kier molecular flexibility index (Phi) is 6.94. The summed E-state index contributed by atoms with van der Waals surface area (Å²) in [5, 5.41) is 2.82. The number of carbonyl (C=O) groups is 2. The molecular formula is C19H22ClN3O4S2. The van der Waals surface area contributed by atoms with Gasteiger partial charge in [0.25, 0.3) is 10.0 Å². The lowest BCUT2D eigenvalue weighted by molar-refractivity contribution is -0.133. The number of nitrogens with one attached hydrogen (secondary N) is 1. The van der Waals surface area contributed by atoms with Crippen LogP contribution in [0.5, 0.6) is 0 Å². The molecule has 0 spiro atoms. The first-order chi connectivity index (χ1) is 13.8. The molecule has 2 heterocycles. The van der Waals surface area contributed by atoms with Crippen LogP contribution >= 0.6 is 22.9 Å². The van der Waals surface area contributed by atoms with E-state index in [4.69, 9.17) is 11.6 Å². The third kappa shape index (κ3) is 5.36. The number of carbonyl (C=O) groups excluding carboxylic acids is 2. The summed E-state index contributed by atoms with van der Waals surface area (Å²) in [4.78, 5) is 26.0. The second-order valence-corrected chi connectivity index (χ2v) is 10.6. The van der Waals surface area contributed by atoms with E-state index in [2.05, 4.69) is 5.32 Å². The number of hydrogen-bond donors (Lipinski definition) is 1. The van der Waals surface area contributed by atoms with E-state index in [0.717, 1.165) is 16.9 Å². The molecule has 1 atom stereocenters. The third-order valence-corrected chi connectivity index (χ3v) is 8.29. The molecule has 1 saturated heterocycles. The highest BCUT2D eigenvalue weighted by atomic mass is 35.5. The van der Waals surface area contributed by atoms with Crippen LogP contribution in [-0.2, 0) is 19.6 Å². The van der Waals surface area contributed by atoms with Crippen molar-refractivity contribution < 1.29 is 18.0 Å². The number of halogens is 1. The molecular weight excluding hydrogens is 434 g/mol. The first kappa shape index (κ1) is 21.8. The summed E-state index contributed by atoms with van der Waals surface area (Å²) in [6.45, 7) is 2.47. The second kappa shape index (κ2) is 9.25. The summed E-state index contributed by atoms with van der Waals surface area (Å²) in [6.07, 6.45) is 0.122. The van der Waals surface area contributed by atoms with Gasteiger partial charge in [0.05, 0.1) is 16.8 Å². The molecule has 2 amide bonds. The fourth-order valence-electron chi connectivity index (χ4n) is 3.23. The molecule has 0 unspecified atom stereocenters. The summed E-state index contributed by atoms with van der Waals surface area (Å²) in [5.41, 5.74) is 0.854. The van der Waals surface area contributed by atoms with E-state index in [1.807, 2.05) is 30.3 Å². The van der Waals surface area contributed by atoms with Crippen LogP contribution < -0.4 is 5.32 Å². The molecule has 1 N–H and O–H groups in total. The predicted octanol–water partition coefficient (Wildman–Crippen LogP) is 2.50. The van der Waals surface area contributed by atoms with Crippen molar-refractivity contribution in [2.45, 2.75) is 23.6 Å². The number of amides is 2. The van der Waals surface area contributed by atoms with Crippen LogP contribution in [0.25, 0.3) is 0 Å². The average molecular weight is 456 g/mol. The first-order valence-electron chi connectivity index (χ1n) is 9.12. The zero-order valence-corrected chi connectivity index (χ0v) is 18.3. The summed E-state index contributed by atoms with van der Waals surface area (Å²) in [6, 6.07) is 12.0. The number of benzene rings is 1. The van der Waals surface area contributed by atoms with Crippen LogP contribution in [0.15, 0.2) is 46.7 Å². The van der Waals surface area contributed by atoms with Gasteiger partial charge in [-0.15, -0.1) is 11.3 Å². The van der Waals surface area contributed by atoms with Crippen LogP contribution in [0.2, 0.25) is 4.34 Å². The molecule has 1 aromatic carbocycles. The Morgan fingerprint density at radius 2 is 1.76 bits per heavy atom. The Labute approximate surface area is 179 Å². The molecule has 0 aliphatic carbocycles. The second-order valence-electron chi connectivity index (χ2n) is 6.71. The van der Waals surface area contributed by atoms with Gasteiger partial charge in [-0.25, -0.2) is 8.42 Å². The smallest absolute Gasteiger partial charge is 0.252 e. The normalized spacial score (nSPS) is 16.4. The highest BCUT2D eigenvalue weighted by molar-refractivity contribution is 7.91. The van der Waals surface area contributed by atoms with Crippen molar-refractivity contribution in [2.75, 3.05) is 26.2 Å². The number of thiophene rings is 1. The molecule has 3 rings (SSSR count). The zero-order chi connectivity index (χ0) is 21.0. The van der Waals surface area contributed by atoms with Crippen molar-refractivity contribution in [1.29, 1.82) is 0 Å². The van der Waals surface area contributed by atoms with E-state index >= 15 is 0 Å². The quantitative estimate of drug-likeness (QED) is 0.725. The molecule has 2 aromatic rings. The van der Waals surface area contributed by atoms with Crippen molar-refractivity contribution in [3.05, 3.63) is 52.4 Å². The Morgan fingerprint density at radius 3 is 2.31 bits per heavy atom. The first-order valence-corrected chi connectivity index (χ1v) is 11.8. The number of rotatable bonds is 6. The van der Waals surface area contributed by atoms with Crippen molar-refractivity contribution in [3.8, 4) is 0 Å². The van der Waals surface area contributed by atoms with Crippen LogP contribution in [0, 0.1) is 0 Å².